The Morgan fingerprint density at radius 2 is 1.80 bits per heavy atom. The summed E-state index contributed by atoms with van der Waals surface area (Å²) in [5, 5.41) is 3.85. The molecule has 1 N–H and O–H groups in total. The summed E-state index contributed by atoms with van der Waals surface area (Å²) < 4.78 is 0. The van der Waals surface area contributed by atoms with Crippen molar-refractivity contribution in [3.63, 3.8) is 0 Å². The molecule has 0 aliphatic heterocycles. The van der Waals surface area contributed by atoms with Crippen LogP contribution in [-0.4, -0.2) is 15.5 Å². The van der Waals surface area contributed by atoms with E-state index in [0.717, 1.165) is 25.1 Å². The zero-order valence-electron chi connectivity index (χ0n) is 9.55. The lowest BCUT2D eigenvalue weighted by molar-refractivity contribution is 0.419. The van der Waals surface area contributed by atoms with Crippen molar-refractivity contribution in [3.05, 3.63) is 17.5 Å². The van der Waals surface area contributed by atoms with Gasteiger partial charge in [0.1, 0.15) is 11.0 Å². The molecule has 0 spiro atoms. The van der Waals surface area contributed by atoms with E-state index in [1.165, 1.54) is 6.20 Å². The van der Waals surface area contributed by atoms with Gasteiger partial charge in [-0.25, -0.2) is 4.98 Å². The highest BCUT2D eigenvalue weighted by molar-refractivity contribution is 6.29. The molecule has 0 aromatic carbocycles. The molecular weight excluding hydrogens is 210 g/mol. The molecule has 0 amide bonds. The summed E-state index contributed by atoms with van der Waals surface area (Å²) >= 11 is 5.79. The second-order valence-electron chi connectivity index (χ2n) is 3.69. The summed E-state index contributed by atoms with van der Waals surface area (Å²) in [6, 6.07) is 0. The van der Waals surface area contributed by atoms with Gasteiger partial charge in [-0.2, -0.15) is 0 Å². The third-order valence-electron chi connectivity index (χ3n) is 3.03. The average Bonchev–Trinajstić information content (AvgIpc) is 2.26. The maximum absolute atomic E-state index is 5.79. The Hall–Kier alpha value is -0.830. The molecule has 0 saturated heterocycles. The molecule has 0 unspecified atom stereocenters. The Morgan fingerprint density at radius 1 is 1.20 bits per heavy atom. The normalized spacial score (nSPS) is 11.5. The molecule has 0 aliphatic carbocycles. The third kappa shape index (κ3) is 3.06. The van der Waals surface area contributed by atoms with E-state index >= 15 is 0 Å². The van der Waals surface area contributed by atoms with E-state index in [1.54, 1.807) is 6.20 Å². The number of hydrogen-bond acceptors (Lipinski definition) is 3. The van der Waals surface area contributed by atoms with Crippen molar-refractivity contribution in [3.8, 4) is 0 Å². The number of hydrogen-bond donors (Lipinski definition) is 1. The molecule has 1 rings (SSSR count). The van der Waals surface area contributed by atoms with Crippen molar-refractivity contribution >= 4 is 17.4 Å². The van der Waals surface area contributed by atoms with E-state index < -0.39 is 0 Å². The van der Waals surface area contributed by atoms with Gasteiger partial charge >= 0.3 is 0 Å². The summed E-state index contributed by atoms with van der Waals surface area (Å²) in [6.45, 7) is 6.54. The van der Waals surface area contributed by atoms with Gasteiger partial charge in [-0.05, 0) is 19.3 Å². The molecule has 15 heavy (non-hydrogen) atoms. The minimum Gasteiger partial charge on any atom is -0.363 e. The Labute approximate surface area is 96.3 Å². The van der Waals surface area contributed by atoms with Crippen LogP contribution >= 0.6 is 11.6 Å². The highest BCUT2D eigenvalue weighted by Gasteiger charge is 2.23. The standard InChI is InChI=1S/C11H18ClN3/c1-4-11(5-2,6-3)15-10-8-13-7-9(12)14-10/h7-8H,4-6H2,1-3H3,(H,14,15). The molecule has 1 heterocycles. The van der Waals surface area contributed by atoms with Crippen LogP contribution in [0.25, 0.3) is 0 Å². The summed E-state index contributed by atoms with van der Waals surface area (Å²) in [4.78, 5) is 8.21. The second-order valence-corrected chi connectivity index (χ2v) is 4.08. The lowest BCUT2D eigenvalue weighted by atomic mass is 9.90. The maximum Gasteiger partial charge on any atom is 0.149 e. The molecule has 0 saturated carbocycles. The summed E-state index contributed by atoms with van der Waals surface area (Å²) in [7, 11) is 0. The van der Waals surface area contributed by atoms with Gasteiger partial charge in [-0.3, -0.25) is 4.98 Å². The van der Waals surface area contributed by atoms with Crippen molar-refractivity contribution in [2.45, 2.75) is 45.6 Å². The molecular formula is C11H18ClN3. The predicted octanol–water partition coefficient (Wildman–Crippen LogP) is 3.51. The number of aromatic nitrogens is 2. The van der Waals surface area contributed by atoms with Crippen LogP contribution in [0.3, 0.4) is 0 Å². The molecule has 0 bridgehead atoms. The first-order valence-electron chi connectivity index (χ1n) is 5.41. The highest BCUT2D eigenvalue weighted by atomic mass is 35.5. The third-order valence-corrected chi connectivity index (χ3v) is 3.21. The van der Waals surface area contributed by atoms with Crippen LogP contribution in [0.4, 0.5) is 5.82 Å². The summed E-state index contributed by atoms with van der Waals surface area (Å²) in [6.07, 6.45) is 6.44. The van der Waals surface area contributed by atoms with Gasteiger partial charge in [0.15, 0.2) is 0 Å². The fraction of sp³-hybridized carbons (Fsp3) is 0.636. The van der Waals surface area contributed by atoms with Crippen LogP contribution in [0.15, 0.2) is 12.4 Å². The first kappa shape index (κ1) is 12.2. The van der Waals surface area contributed by atoms with Gasteiger partial charge in [0.2, 0.25) is 0 Å². The number of anilines is 1. The van der Waals surface area contributed by atoms with Gasteiger partial charge in [-0.15, -0.1) is 0 Å². The van der Waals surface area contributed by atoms with Crippen molar-refractivity contribution < 1.29 is 0 Å². The lowest BCUT2D eigenvalue weighted by Gasteiger charge is -2.32. The summed E-state index contributed by atoms with van der Waals surface area (Å²) in [5.74, 6) is 0.757. The zero-order chi connectivity index (χ0) is 11.3. The van der Waals surface area contributed by atoms with Crippen LogP contribution in [0.2, 0.25) is 5.15 Å². The first-order valence-corrected chi connectivity index (χ1v) is 5.79. The quantitative estimate of drug-likeness (QED) is 0.837. The Morgan fingerprint density at radius 3 is 2.27 bits per heavy atom. The van der Waals surface area contributed by atoms with Gasteiger partial charge in [0, 0.05) is 5.54 Å². The van der Waals surface area contributed by atoms with Crippen LogP contribution < -0.4 is 5.32 Å². The SMILES string of the molecule is CCC(CC)(CC)Nc1cncc(Cl)n1. The monoisotopic (exact) mass is 227 g/mol. The molecule has 0 atom stereocenters. The average molecular weight is 228 g/mol. The molecule has 3 nitrogen and oxygen atoms in total. The largest absolute Gasteiger partial charge is 0.363 e. The van der Waals surface area contributed by atoms with Crippen molar-refractivity contribution in [2.24, 2.45) is 0 Å². The van der Waals surface area contributed by atoms with Crippen LogP contribution in [0.1, 0.15) is 40.0 Å². The summed E-state index contributed by atoms with van der Waals surface area (Å²) in [5.41, 5.74) is 0.110. The van der Waals surface area contributed by atoms with Gasteiger partial charge in [0.05, 0.1) is 12.4 Å². The highest BCUT2D eigenvalue weighted by Crippen LogP contribution is 2.24. The molecule has 0 aliphatic rings. The predicted molar refractivity (Wildman–Crippen MR) is 64.3 cm³/mol. The van der Waals surface area contributed by atoms with E-state index in [0.29, 0.717) is 5.15 Å². The fourth-order valence-electron chi connectivity index (χ4n) is 1.69. The van der Waals surface area contributed by atoms with E-state index in [2.05, 4.69) is 36.1 Å². The van der Waals surface area contributed by atoms with Crippen LogP contribution in [-0.2, 0) is 0 Å². The molecule has 84 valence electrons. The second kappa shape index (κ2) is 5.31. The van der Waals surface area contributed by atoms with Crippen molar-refractivity contribution in [1.29, 1.82) is 0 Å². The van der Waals surface area contributed by atoms with E-state index in [4.69, 9.17) is 11.6 Å². The van der Waals surface area contributed by atoms with Crippen molar-refractivity contribution in [2.75, 3.05) is 5.32 Å². The van der Waals surface area contributed by atoms with E-state index in [1.807, 2.05) is 0 Å². The molecule has 1 aromatic heterocycles. The van der Waals surface area contributed by atoms with E-state index in [-0.39, 0.29) is 5.54 Å². The number of halogens is 1. The molecule has 4 heteroatoms. The topological polar surface area (TPSA) is 37.8 Å². The fourth-order valence-corrected chi connectivity index (χ4v) is 1.84. The molecule has 1 aromatic rings. The van der Waals surface area contributed by atoms with Crippen LogP contribution in [0.5, 0.6) is 0 Å². The Kier molecular flexibility index (Phi) is 4.33. The number of nitrogens with one attached hydrogen (secondary N) is 1. The minimum atomic E-state index is 0.110. The molecule has 0 fully saturated rings. The van der Waals surface area contributed by atoms with Crippen LogP contribution in [0, 0.1) is 0 Å². The maximum atomic E-state index is 5.79. The number of nitrogens with zero attached hydrogens (tertiary/aromatic N) is 2. The van der Waals surface area contributed by atoms with Gasteiger partial charge in [0.25, 0.3) is 0 Å². The lowest BCUT2D eigenvalue weighted by Crippen LogP contribution is -2.36. The van der Waals surface area contributed by atoms with Gasteiger partial charge < -0.3 is 5.32 Å². The number of rotatable bonds is 5. The minimum absolute atomic E-state index is 0.110. The Balaban J connectivity index is 2.82. The smallest absolute Gasteiger partial charge is 0.149 e. The van der Waals surface area contributed by atoms with Crippen molar-refractivity contribution in [1.82, 2.24) is 9.97 Å². The first-order chi connectivity index (χ1) is 7.15. The Bertz CT molecular complexity index is 302. The zero-order valence-corrected chi connectivity index (χ0v) is 10.3. The molecule has 0 radical (unpaired) electrons. The van der Waals surface area contributed by atoms with Gasteiger partial charge in [-0.1, -0.05) is 32.4 Å². The van der Waals surface area contributed by atoms with E-state index in [9.17, 15) is 0 Å².